The van der Waals surface area contributed by atoms with Gasteiger partial charge in [-0.3, -0.25) is 10.1 Å². The zero-order valence-electron chi connectivity index (χ0n) is 14.8. The Morgan fingerprint density at radius 2 is 1.70 bits per heavy atom. The van der Waals surface area contributed by atoms with E-state index < -0.39 is 24.5 Å². The number of benzene rings is 2. The summed E-state index contributed by atoms with van der Waals surface area (Å²) >= 11 is 0. The minimum Gasteiger partial charge on any atom is -0.496 e. The van der Waals surface area contributed by atoms with E-state index in [1.54, 1.807) is 18.2 Å². The Kier molecular flexibility index (Phi) is 7.59. The fourth-order valence-electron chi connectivity index (χ4n) is 2.13. The van der Waals surface area contributed by atoms with Gasteiger partial charge in [-0.2, -0.15) is 0 Å². The molecule has 27 heavy (non-hydrogen) atoms. The number of carbonyl (C=O) groups excluding carboxylic acids is 3. The van der Waals surface area contributed by atoms with Crippen LogP contribution in [0.5, 0.6) is 5.75 Å². The van der Waals surface area contributed by atoms with E-state index in [0.29, 0.717) is 11.3 Å². The summed E-state index contributed by atoms with van der Waals surface area (Å²) in [7, 11) is 1.53. The number of rotatable bonds is 7. The van der Waals surface area contributed by atoms with Crippen LogP contribution in [0, 0.1) is 0 Å². The molecule has 3 amide bonds. The molecule has 0 heterocycles. The minimum absolute atomic E-state index is 0.279. The number of hydrogen-bond acceptors (Lipinski definition) is 5. The first kappa shape index (κ1) is 19.7. The molecule has 0 fully saturated rings. The molecule has 0 unspecified atom stereocenters. The van der Waals surface area contributed by atoms with E-state index in [2.05, 4.69) is 10.6 Å². The molecule has 0 aliphatic carbocycles. The maximum Gasteiger partial charge on any atom is 0.331 e. The molecule has 0 saturated carbocycles. The van der Waals surface area contributed by atoms with Crippen LogP contribution in [0.15, 0.2) is 60.7 Å². The number of carbonyl (C=O) groups is 3. The van der Waals surface area contributed by atoms with E-state index in [1.165, 1.54) is 19.3 Å². The molecule has 0 aliphatic rings. The Bertz CT molecular complexity index is 818. The third kappa shape index (κ3) is 7.03. The highest BCUT2D eigenvalue weighted by Crippen LogP contribution is 2.18. The maximum atomic E-state index is 11.7. The van der Waals surface area contributed by atoms with E-state index >= 15 is 0 Å². The molecule has 2 aromatic carbocycles. The summed E-state index contributed by atoms with van der Waals surface area (Å²) in [6, 6.07) is 15.7. The van der Waals surface area contributed by atoms with Crippen LogP contribution in [-0.2, 0) is 20.9 Å². The highest BCUT2D eigenvalue weighted by atomic mass is 16.5. The number of amides is 3. The maximum absolute atomic E-state index is 11.7. The Morgan fingerprint density at radius 3 is 2.44 bits per heavy atom. The molecule has 0 aliphatic heterocycles. The average molecular weight is 368 g/mol. The van der Waals surface area contributed by atoms with Crippen LogP contribution in [0.25, 0.3) is 6.08 Å². The first-order valence-electron chi connectivity index (χ1n) is 8.18. The van der Waals surface area contributed by atoms with E-state index in [4.69, 9.17) is 9.47 Å². The van der Waals surface area contributed by atoms with Gasteiger partial charge in [0.1, 0.15) is 5.75 Å². The van der Waals surface area contributed by atoms with Gasteiger partial charge in [-0.25, -0.2) is 9.59 Å². The molecule has 7 heteroatoms. The van der Waals surface area contributed by atoms with Gasteiger partial charge in [-0.1, -0.05) is 48.5 Å². The summed E-state index contributed by atoms with van der Waals surface area (Å²) in [5.74, 6) is -0.824. The number of methoxy groups -OCH3 is 1. The summed E-state index contributed by atoms with van der Waals surface area (Å²) in [6.45, 7) is -0.282. The second-order valence-electron chi connectivity index (χ2n) is 5.40. The number of para-hydroxylation sites is 1. The van der Waals surface area contributed by atoms with Crippen molar-refractivity contribution < 1.29 is 23.9 Å². The highest BCUT2D eigenvalue weighted by molar-refractivity contribution is 5.96. The molecule has 0 spiro atoms. The molecule has 0 aromatic heterocycles. The first-order chi connectivity index (χ1) is 13.1. The third-order valence-electron chi connectivity index (χ3n) is 3.43. The second-order valence-corrected chi connectivity index (χ2v) is 5.40. The second kappa shape index (κ2) is 10.4. The smallest absolute Gasteiger partial charge is 0.331 e. The lowest BCUT2D eigenvalue weighted by Gasteiger charge is -2.07. The van der Waals surface area contributed by atoms with Crippen molar-refractivity contribution in [2.24, 2.45) is 0 Å². The van der Waals surface area contributed by atoms with Crippen LogP contribution in [0.2, 0.25) is 0 Å². The molecule has 7 nitrogen and oxygen atoms in total. The van der Waals surface area contributed by atoms with Gasteiger partial charge < -0.3 is 14.8 Å². The van der Waals surface area contributed by atoms with Crippen molar-refractivity contribution in [3.63, 3.8) is 0 Å². The van der Waals surface area contributed by atoms with E-state index in [9.17, 15) is 14.4 Å². The molecular weight excluding hydrogens is 348 g/mol. The molecule has 0 saturated heterocycles. The van der Waals surface area contributed by atoms with Crippen molar-refractivity contribution in [2.45, 2.75) is 6.54 Å². The van der Waals surface area contributed by atoms with Crippen LogP contribution in [0.4, 0.5) is 4.79 Å². The van der Waals surface area contributed by atoms with E-state index in [1.807, 2.05) is 36.4 Å². The molecule has 2 aromatic rings. The van der Waals surface area contributed by atoms with Gasteiger partial charge in [0.2, 0.25) is 0 Å². The summed E-state index contributed by atoms with van der Waals surface area (Å²) in [4.78, 5) is 35.0. The van der Waals surface area contributed by atoms with Crippen LogP contribution in [-0.4, -0.2) is 31.6 Å². The summed E-state index contributed by atoms with van der Waals surface area (Å²) < 4.78 is 9.97. The highest BCUT2D eigenvalue weighted by Gasteiger charge is 2.09. The lowest BCUT2D eigenvalue weighted by molar-refractivity contribution is -0.143. The van der Waals surface area contributed by atoms with Gasteiger partial charge in [-0.05, 0) is 17.7 Å². The summed E-state index contributed by atoms with van der Waals surface area (Å²) in [6.07, 6.45) is 2.70. The Labute approximate surface area is 157 Å². The van der Waals surface area contributed by atoms with Gasteiger partial charge in [0, 0.05) is 18.2 Å². The number of nitrogens with one attached hydrogen (secondary N) is 2. The fourth-order valence-corrected chi connectivity index (χ4v) is 2.13. The van der Waals surface area contributed by atoms with Crippen molar-refractivity contribution in [1.29, 1.82) is 0 Å². The molecule has 0 bridgehead atoms. The van der Waals surface area contributed by atoms with Gasteiger partial charge in [0.15, 0.2) is 6.61 Å². The van der Waals surface area contributed by atoms with Gasteiger partial charge in [-0.15, -0.1) is 0 Å². The first-order valence-corrected chi connectivity index (χ1v) is 8.18. The molecule has 0 radical (unpaired) electrons. The Hall–Kier alpha value is -3.61. The number of ether oxygens (including phenoxy) is 2. The number of hydrogen-bond donors (Lipinski definition) is 2. The number of urea groups is 1. The normalized spacial score (nSPS) is 10.3. The largest absolute Gasteiger partial charge is 0.496 e. The zero-order valence-corrected chi connectivity index (χ0v) is 14.8. The molecule has 0 atom stereocenters. The molecule has 2 N–H and O–H groups in total. The van der Waals surface area contributed by atoms with Crippen molar-refractivity contribution in [3.8, 4) is 5.75 Å². The predicted molar refractivity (Wildman–Crippen MR) is 99.8 cm³/mol. The average Bonchev–Trinajstić information content (AvgIpc) is 2.70. The lowest BCUT2D eigenvalue weighted by Crippen LogP contribution is -2.41. The minimum atomic E-state index is -0.723. The molecular formula is C20H20N2O5. The predicted octanol–water partition coefficient (Wildman–Crippen LogP) is 2.28. The lowest BCUT2D eigenvalue weighted by atomic mass is 10.2. The molecule has 140 valence electrons. The van der Waals surface area contributed by atoms with Crippen LogP contribution in [0.3, 0.4) is 0 Å². The van der Waals surface area contributed by atoms with E-state index in [-0.39, 0.29) is 6.54 Å². The van der Waals surface area contributed by atoms with Crippen LogP contribution >= 0.6 is 0 Å². The topological polar surface area (TPSA) is 93.7 Å². The molecule has 2 rings (SSSR count). The zero-order chi connectivity index (χ0) is 19.5. The van der Waals surface area contributed by atoms with Crippen molar-refractivity contribution >= 4 is 24.0 Å². The van der Waals surface area contributed by atoms with Gasteiger partial charge in [0.05, 0.1) is 7.11 Å². The van der Waals surface area contributed by atoms with Crippen molar-refractivity contribution in [1.82, 2.24) is 10.6 Å². The quantitative estimate of drug-likeness (QED) is 0.578. The third-order valence-corrected chi connectivity index (χ3v) is 3.43. The summed E-state index contributed by atoms with van der Waals surface area (Å²) in [5, 5.41) is 4.62. The monoisotopic (exact) mass is 368 g/mol. The summed E-state index contributed by atoms with van der Waals surface area (Å²) in [5.41, 5.74) is 1.59. The van der Waals surface area contributed by atoms with E-state index in [0.717, 1.165) is 5.56 Å². The number of esters is 1. The van der Waals surface area contributed by atoms with Crippen LogP contribution < -0.4 is 15.4 Å². The van der Waals surface area contributed by atoms with Crippen LogP contribution in [0.1, 0.15) is 11.1 Å². The van der Waals surface area contributed by atoms with Crippen molar-refractivity contribution in [2.75, 3.05) is 13.7 Å². The van der Waals surface area contributed by atoms with Gasteiger partial charge in [0.25, 0.3) is 5.91 Å². The Morgan fingerprint density at radius 1 is 1.00 bits per heavy atom. The van der Waals surface area contributed by atoms with Crippen molar-refractivity contribution in [3.05, 3.63) is 71.8 Å². The standard InChI is InChI=1S/C20H20N2O5/c1-26-17-10-6-5-9-16(17)11-12-19(24)27-14-18(23)22-20(25)21-13-15-7-3-2-4-8-15/h2-12H,13-14H2,1H3,(H2,21,22,23,25)/b12-11+. The van der Waals surface area contributed by atoms with Gasteiger partial charge >= 0.3 is 12.0 Å². The fraction of sp³-hybridized carbons (Fsp3) is 0.150. The SMILES string of the molecule is COc1ccccc1/C=C/C(=O)OCC(=O)NC(=O)NCc1ccccc1. The number of imide groups is 1. The Balaban J connectivity index is 1.72.